The van der Waals surface area contributed by atoms with Gasteiger partial charge in [0.15, 0.2) is 11.0 Å². The van der Waals surface area contributed by atoms with E-state index in [-0.39, 0.29) is 57.7 Å². The van der Waals surface area contributed by atoms with Gasteiger partial charge in [0.1, 0.15) is 24.2 Å². The van der Waals surface area contributed by atoms with E-state index in [0.717, 1.165) is 28.8 Å². The fourth-order valence-corrected chi connectivity index (χ4v) is 7.58. The number of esters is 1. The van der Waals surface area contributed by atoms with Crippen molar-refractivity contribution in [3.63, 3.8) is 0 Å². The Balaban J connectivity index is 1.23. The highest BCUT2D eigenvalue weighted by Gasteiger charge is 2.58. The van der Waals surface area contributed by atoms with Gasteiger partial charge in [0.2, 0.25) is 0 Å². The first-order valence-electron chi connectivity index (χ1n) is 14.7. The van der Waals surface area contributed by atoms with Gasteiger partial charge in [-0.1, -0.05) is 29.8 Å². The van der Waals surface area contributed by atoms with Crippen LogP contribution >= 0.6 is 22.9 Å². The van der Waals surface area contributed by atoms with Gasteiger partial charge in [-0.15, -0.1) is 16.3 Å². The van der Waals surface area contributed by atoms with E-state index in [1.807, 2.05) is 0 Å². The molecular weight excluding hydrogens is 623 g/mol. The number of quaternary nitrogens is 1. The van der Waals surface area contributed by atoms with Crippen LogP contribution in [0.3, 0.4) is 0 Å². The van der Waals surface area contributed by atoms with Crippen LogP contribution in [0, 0.1) is 5.82 Å². The number of anilines is 1. The molecule has 0 saturated carbocycles. The lowest BCUT2D eigenvalue weighted by atomic mass is 10.1. The molecule has 0 radical (unpaired) electrons. The summed E-state index contributed by atoms with van der Waals surface area (Å²) in [6, 6.07) is 9.42. The number of nitrogens with one attached hydrogen (secondary N) is 1. The SMILES string of the molecule is COC(=O)CCc1cnc([C@@H]2CCC[N+]2(C(=O)Cc2cc(Cl)c(NC(=O)c3coc4ccccc34)cc2F)N2CC(OC)C2)s1. The van der Waals surface area contributed by atoms with Crippen molar-refractivity contribution in [2.24, 2.45) is 0 Å². The third-order valence-corrected chi connectivity index (χ3v) is 10.2. The summed E-state index contributed by atoms with van der Waals surface area (Å²) in [5.74, 6) is -1.60. The zero-order valence-corrected chi connectivity index (χ0v) is 26.5. The van der Waals surface area contributed by atoms with Crippen molar-refractivity contribution in [1.82, 2.24) is 9.99 Å². The first-order chi connectivity index (χ1) is 21.7. The third-order valence-electron chi connectivity index (χ3n) is 8.70. The normalized spacial score (nSPS) is 20.3. The second kappa shape index (κ2) is 13.0. The Morgan fingerprint density at radius 2 is 2.02 bits per heavy atom. The van der Waals surface area contributed by atoms with Crippen LogP contribution in [0.1, 0.15) is 51.1 Å². The predicted octanol–water partition coefficient (Wildman–Crippen LogP) is 5.71. The van der Waals surface area contributed by atoms with Gasteiger partial charge in [-0.25, -0.2) is 14.2 Å². The molecule has 4 heterocycles. The van der Waals surface area contributed by atoms with Crippen LogP contribution in [-0.2, 0) is 31.9 Å². The highest BCUT2D eigenvalue weighted by Crippen LogP contribution is 2.45. The molecule has 45 heavy (non-hydrogen) atoms. The average Bonchev–Trinajstić information content (AvgIpc) is 3.76. The highest BCUT2D eigenvalue weighted by atomic mass is 35.5. The molecule has 2 aliphatic rings. The number of nitrogens with zero attached hydrogens (tertiary/aromatic N) is 3. The highest BCUT2D eigenvalue weighted by molar-refractivity contribution is 7.11. The zero-order chi connectivity index (χ0) is 31.7. The molecule has 1 unspecified atom stereocenters. The van der Waals surface area contributed by atoms with Crippen LogP contribution in [0.4, 0.5) is 10.1 Å². The maximum atomic E-state index is 15.6. The Hall–Kier alpha value is -3.68. The van der Waals surface area contributed by atoms with Crippen LogP contribution in [0.15, 0.2) is 53.3 Å². The van der Waals surface area contributed by atoms with E-state index in [4.69, 9.17) is 25.5 Å². The van der Waals surface area contributed by atoms with Crippen molar-refractivity contribution in [3.05, 3.63) is 80.7 Å². The number of aromatic nitrogens is 1. The van der Waals surface area contributed by atoms with Gasteiger partial charge in [-0.05, 0) is 24.6 Å². The zero-order valence-electron chi connectivity index (χ0n) is 24.9. The maximum absolute atomic E-state index is 15.6. The number of para-hydroxylation sites is 1. The van der Waals surface area contributed by atoms with E-state index in [2.05, 4.69) is 15.3 Å². The number of benzene rings is 2. The quantitative estimate of drug-likeness (QED) is 0.171. The summed E-state index contributed by atoms with van der Waals surface area (Å²) in [4.78, 5) is 44.6. The van der Waals surface area contributed by atoms with E-state index < -0.39 is 11.7 Å². The van der Waals surface area contributed by atoms with Gasteiger partial charge in [-0.3, -0.25) is 9.59 Å². The van der Waals surface area contributed by atoms with E-state index >= 15 is 4.39 Å². The molecule has 2 aliphatic heterocycles. The van der Waals surface area contributed by atoms with Gasteiger partial charge in [0, 0.05) is 42.0 Å². The summed E-state index contributed by atoms with van der Waals surface area (Å²) in [5.41, 5.74) is 1.09. The van der Waals surface area contributed by atoms with Crippen LogP contribution < -0.4 is 5.32 Å². The lowest BCUT2D eigenvalue weighted by molar-refractivity contribution is -0.993. The largest absolute Gasteiger partial charge is 0.469 e. The van der Waals surface area contributed by atoms with Gasteiger partial charge in [0.05, 0.1) is 55.4 Å². The number of furan rings is 1. The van der Waals surface area contributed by atoms with Crippen molar-refractivity contribution >= 4 is 57.4 Å². The smallest absolute Gasteiger partial charge is 0.338 e. The molecule has 1 N–H and O–H groups in total. The van der Waals surface area contributed by atoms with Crippen LogP contribution in [-0.4, -0.2) is 72.3 Å². The number of carbonyl (C=O) groups is 3. The maximum Gasteiger partial charge on any atom is 0.338 e. The van der Waals surface area contributed by atoms with E-state index in [1.54, 1.807) is 37.6 Å². The molecule has 0 spiro atoms. The van der Waals surface area contributed by atoms with Gasteiger partial charge >= 0.3 is 11.9 Å². The minimum atomic E-state index is -0.647. The Labute approximate surface area is 268 Å². The van der Waals surface area contributed by atoms with Crippen molar-refractivity contribution in [2.75, 3.05) is 39.2 Å². The molecule has 13 heteroatoms. The van der Waals surface area contributed by atoms with Crippen molar-refractivity contribution < 1.29 is 37.3 Å². The monoisotopic (exact) mass is 655 g/mol. The Morgan fingerprint density at radius 3 is 2.80 bits per heavy atom. The molecule has 236 valence electrons. The number of carbonyl (C=O) groups excluding carboxylic acids is 3. The first-order valence-corrected chi connectivity index (χ1v) is 15.9. The molecule has 0 aliphatic carbocycles. The predicted molar refractivity (Wildman–Crippen MR) is 166 cm³/mol. The van der Waals surface area contributed by atoms with Crippen molar-refractivity contribution in [1.29, 1.82) is 0 Å². The first kappa shape index (κ1) is 31.3. The summed E-state index contributed by atoms with van der Waals surface area (Å²) >= 11 is 8.04. The third kappa shape index (κ3) is 6.00. The lowest BCUT2D eigenvalue weighted by Crippen LogP contribution is -2.71. The Bertz CT molecular complexity index is 1750. The Morgan fingerprint density at radius 1 is 1.22 bits per heavy atom. The molecule has 10 nitrogen and oxygen atoms in total. The number of fused-ring (bicyclic) bond motifs is 1. The number of thiazole rings is 1. The number of likely N-dealkylation sites (tertiary alicyclic amines) is 1. The summed E-state index contributed by atoms with van der Waals surface area (Å²) in [6.45, 7) is 1.69. The number of aryl methyl sites for hydroxylation is 1. The molecule has 6 rings (SSSR count). The van der Waals surface area contributed by atoms with Crippen LogP contribution in [0.2, 0.25) is 5.02 Å². The summed E-state index contributed by atoms with van der Waals surface area (Å²) in [6.07, 6.45) is 5.19. The second-order valence-corrected chi connectivity index (χ2v) is 12.8. The molecule has 2 saturated heterocycles. The molecule has 2 atom stereocenters. The van der Waals surface area contributed by atoms with E-state index in [9.17, 15) is 14.4 Å². The summed E-state index contributed by atoms with van der Waals surface area (Å²) in [7, 11) is 3.01. The average molecular weight is 656 g/mol. The number of halogens is 2. The Kier molecular flexibility index (Phi) is 9.03. The standard InChI is InChI=1S/C32H32ClFN4O6S/c1-42-20-16-37(17-20)38(11-5-7-27(38)32-35-15-21(45-32)9-10-30(40)43-2)29(39)13-19-12-24(33)26(14-25(19)34)36-31(41)23-18-44-28-8-4-3-6-22(23)28/h3-4,6,8,12,14-15,18,20,27H,5,7,9-11,13,16-17H2,1-2H3/p+1/t27-,38?/m0/s1. The molecule has 0 bridgehead atoms. The topological polar surface area (TPSA) is 111 Å². The number of hydrogen-bond donors (Lipinski definition) is 1. The number of rotatable bonds is 10. The van der Waals surface area contributed by atoms with Gasteiger partial charge < -0.3 is 19.2 Å². The molecule has 2 aromatic heterocycles. The van der Waals surface area contributed by atoms with Gasteiger partial charge in [0.25, 0.3) is 5.91 Å². The van der Waals surface area contributed by atoms with Gasteiger partial charge in [-0.2, -0.15) is 4.59 Å². The number of amides is 2. The molecular formula is C32H33ClFN4O6S+. The second-order valence-electron chi connectivity index (χ2n) is 11.3. The molecule has 4 aromatic rings. The van der Waals surface area contributed by atoms with Crippen LogP contribution in [0.25, 0.3) is 11.0 Å². The fraction of sp³-hybridized carbons (Fsp3) is 0.375. The molecule has 2 fully saturated rings. The number of hydrogen-bond acceptors (Lipinski definition) is 9. The lowest BCUT2D eigenvalue weighted by Gasteiger charge is -2.50. The minimum Gasteiger partial charge on any atom is -0.469 e. The summed E-state index contributed by atoms with van der Waals surface area (Å²) < 4.78 is 31.4. The van der Waals surface area contributed by atoms with E-state index in [0.29, 0.717) is 42.6 Å². The summed E-state index contributed by atoms with van der Waals surface area (Å²) in [5, 5.41) is 6.31. The fourth-order valence-electron chi connectivity index (χ4n) is 6.24. The molecule has 2 aromatic carbocycles. The van der Waals surface area contributed by atoms with Crippen LogP contribution in [0.5, 0.6) is 0 Å². The van der Waals surface area contributed by atoms with Crippen molar-refractivity contribution in [2.45, 2.75) is 44.2 Å². The van der Waals surface area contributed by atoms with Crippen molar-refractivity contribution in [3.8, 4) is 0 Å². The minimum absolute atomic E-state index is 0.00221. The molecule has 2 amide bonds. The number of ether oxygens (including phenoxy) is 2. The van der Waals surface area contributed by atoms with E-state index in [1.165, 1.54) is 30.8 Å². The number of methoxy groups -OCH3 is 2.